The number of benzene rings is 1. The highest BCUT2D eigenvalue weighted by Gasteiger charge is 2.10. The van der Waals surface area contributed by atoms with Gasteiger partial charge in [0.05, 0.1) is 18.5 Å². The molecule has 24 heavy (non-hydrogen) atoms. The normalized spacial score (nSPS) is 10.7. The summed E-state index contributed by atoms with van der Waals surface area (Å²) in [5.74, 6) is 0.226. The number of nitrogens with one attached hydrogen (secondary N) is 2. The Morgan fingerprint density at radius 3 is 2.67 bits per heavy atom. The second kappa shape index (κ2) is 8.45. The zero-order valence-electron chi connectivity index (χ0n) is 14.7. The van der Waals surface area contributed by atoms with Gasteiger partial charge in [0.1, 0.15) is 5.69 Å². The second-order valence-corrected chi connectivity index (χ2v) is 6.00. The molecule has 5 heteroatoms. The van der Waals surface area contributed by atoms with Crippen molar-refractivity contribution in [2.75, 3.05) is 25.6 Å². The monoisotopic (exact) mass is 327 g/mol. The summed E-state index contributed by atoms with van der Waals surface area (Å²) in [5.41, 5.74) is 4.80. The van der Waals surface area contributed by atoms with E-state index in [0.29, 0.717) is 24.8 Å². The number of aryl methyl sites for hydroxylation is 1. The predicted molar refractivity (Wildman–Crippen MR) is 97.0 cm³/mol. The van der Waals surface area contributed by atoms with Gasteiger partial charge in [0.2, 0.25) is 0 Å². The summed E-state index contributed by atoms with van der Waals surface area (Å²) >= 11 is 0. The lowest BCUT2D eigenvalue weighted by atomic mass is 9.98. The molecule has 2 aromatic rings. The number of para-hydroxylation sites is 1. The molecule has 0 fully saturated rings. The maximum Gasteiger partial charge on any atom is 0.269 e. The van der Waals surface area contributed by atoms with Gasteiger partial charge >= 0.3 is 0 Å². The van der Waals surface area contributed by atoms with E-state index in [1.165, 1.54) is 11.1 Å². The molecule has 0 aliphatic carbocycles. The molecular formula is C19H25N3O2. The minimum Gasteiger partial charge on any atom is -0.383 e. The third kappa shape index (κ3) is 4.55. The first-order chi connectivity index (χ1) is 11.5. The Hall–Kier alpha value is -2.40. The van der Waals surface area contributed by atoms with E-state index in [-0.39, 0.29) is 5.91 Å². The van der Waals surface area contributed by atoms with Crippen molar-refractivity contribution in [1.82, 2.24) is 10.3 Å². The number of carbonyl (C=O) groups is 1. The van der Waals surface area contributed by atoms with Crippen LogP contribution in [0.3, 0.4) is 0 Å². The minimum absolute atomic E-state index is 0.197. The Kier molecular flexibility index (Phi) is 6.32. The van der Waals surface area contributed by atoms with Gasteiger partial charge in [0, 0.05) is 19.3 Å². The number of methoxy groups -OCH3 is 1. The third-order valence-electron chi connectivity index (χ3n) is 3.78. The van der Waals surface area contributed by atoms with Gasteiger partial charge in [-0.2, -0.15) is 0 Å². The number of anilines is 2. The molecule has 2 rings (SSSR count). The molecule has 1 amide bonds. The maximum atomic E-state index is 11.9. The number of aromatic nitrogens is 1. The van der Waals surface area contributed by atoms with E-state index >= 15 is 0 Å². The van der Waals surface area contributed by atoms with E-state index in [1.54, 1.807) is 19.4 Å². The van der Waals surface area contributed by atoms with Crippen LogP contribution in [0.25, 0.3) is 0 Å². The van der Waals surface area contributed by atoms with Crippen molar-refractivity contribution in [2.24, 2.45) is 0 Å². The van der Waals surface area contributed by atoms with Crippen LogP contribution in [0.5, 0.6) is 0 Å². The minimum atomic E-state index is -0.197. The maximum absolute atomic E-state index is 11.9. The number of amides is 1. The molecule has 0 atom stereocenters. The number of rotatable bonds is 7. The van der Waals surface area contributed by atoms with Gasteiger partial charge < -0.3 is 15.4 Å². The standard InChI is InChI=1S/C19H25N3O2/c1-13(2)16-7-5-6-14(3)18(16)22-15-8-9-17(21-12-15)19(23)20-10-11-24-4/h5-9,12-13,22H,10-11H2,1-4H3,(H,20,23). The highest BCUT2D eigenvalue weighted by molar-refractivity contribution is 5.92. The van der Waals surface area contributed by atoms with Gasteiger partial charge in [-0.15, -0.1) is 0 Å². The Morgan fingerprint density at radius 2 is 2.04 bits per heavy atom. The Labute approximate surface area is 143 Å². The van der Waals surface area contributed by atoms with E-state index < -0.39 is 0 Å². The first-order valence-electron chi connectivity index (χ1n) is 8.12. The molecule has 5 nitrogen and oxygen atoms in total. The van der Waals surface area contributed by atoms with E-state index in [1.807, 2.05) is 6.07 Å². The predicted octanol–water partition coefficient (Wildman–Crippen LogP) is 3.63. The van der Waals surface area contributed by atoms with Crippen molar-refractivity contribution in [3.05, 3.63) is 53.3 Å². The fourth-order valence-electron chi connectivity index (χ4n) is 2.45. The number of carbonyl (C=O) groups excluding carboxylic acids is 1. The van der Waals surface area contributed by atoms with Gasteiger partial charge in [0.15, 0.2) is 0 Å². The summed E-state index contributed by atoms with van der Waals surface area (Å²) in [6.45, 7) is 7.38. The number of nitrogens with zero attached hydrogens (tertiary/aromatic N) is 1. The molecule has 0 saturated heterocycles. The topological polar surface area (TPSA) is 63.2 Å². The van der Waals surface area contributed by atoms with E-state index in [0.717, 1.165) is 11.4 Å². The van der Waals surface area contributed by atoms with Crippen molar-refractivity contribution in [1.29, 1.82) is 0 Å². The van der Waals surface area contributed by atoms with Gasteiger partial charge in [-0.05, 0) is 36.1 Å². The van der Waals surface area contributed by atoms with Crippen LogP contribution in [-0.4, -0.2) is 31.2 Å². The SMILES string of the molecule is COCCNC(=O)c1ccc(Nc2c(C)cccc2C(C)C)cn1. The summed E-state index contributed by atoms with van der Waals surface area (Å²) < 4.78 is 4.91. The number of ether oxygens (including phenoxy) is 1. The highest BCUT2D eigenvalue weighted by atomic mass is 16.5. The fraction of sp³-hybridized carbons (Fsp3) is 0.368. The summed E-state index contributed by atoms with van der Waals surface area (Å²) in [6, 6.07) is 9.87. The Bertz CT molecular complexity index is 682. The summed E-state index contributed by atoms with van der Waals surface area (Å²) in [5, 5.41) is 6.18. The Morgan fingerprint density at radius 1 is 1.25 bits per heavy atom. The average Bonchev–Trinajstić information content (AvgIpc) is 2.57. The van der Waals surface area contributed by atoms with E-state index in [4.69, 9.17) is 4.74 Å². The van der Waals surface area contributed by atoms with Gasteiger partial charge in [0.25, 0.3) is 5.91 Å². The van der Waals surface area contributed by atoms with Crippen molar-refractivity contribution < 1.29 is 9.53 Å². The van der Waals surface area contributed by atoms with Crippen LogP contribution >= 0.6 is 0 Å². The highest BCUT2D eigenvalue weighted by Crippen LogP contribution is 2.29. The first kappa shape index (κ1) is 17.9. The largest absolute Gasteiger partial charge is 0.383 e. The molecule has 0 bridgehead atoms. The van der Waals surface area contributed by atoms with Crippen LogP contribution in [0.1, 0.15) is 41.4 Å². The van der Waals surface area contributed by atoms with Gasteiger partial charge in [-0.1, -0.05) is 32.0 Å². The molecule has 128 valence electrons. The van der Waals surface area contributed by atoms with Crippen molar-refractivity contribution >= 4 is 17.3 Å². The second-order valence-electron chi connectivity index (χ2n) is 6.00. The van der Waals surface area contributed by atoms with Gasteiger partial charge in [-0.25, -0.2) is 4.98 Å². The van der Waals surface area contributed by atoms with Crippen LogP contribution in [-0.2, 0) is 4.74 Å². The van der Waals surface area contributed by atoms with E-state index in [2.05, 4.69) is 54.6 Å². The molecule has 1 heterocycles. The molecule has 0 aliphatic rings. The molecule has 1 aromatic carbocycles. The average molecular weight is 327 g/mol. The van der Waals surface area contributed by atoms with Gasteiger partial charge in [-0.3, -0.25) is 4.79 Å². The molecule has 0 spiro atoms. The van der Waals surface area contributed by atoms with Crippen LogP contribution in [0.2, 0.25) is 0 Å². The van der Waals surface area contributed by atoms with Crippen LogP contribution in [0, 0.1) is 6.92 Å². The molecule has 0 unspecified atom stereocenters. The number of pyridine rings is 1. The lowest BCUT2D eigenvalue weighted by Gasteiger charge is -2.17. The summed E-state index contributed by atoms with van der Waals surface area (Å²) in [4.78, 5) is 16.2. The van der Waals surface area contributed by atoms with Crippen molar-refractivity contribution in [2.45, 2.75) is 26.7 Å². The molecule has 0 radical (unpaired) electrons. The van der Waals surface area contributed by atoms with Crippen LogP contribution in [0.4, 0.5) is 11.4 Å². The molecule has 1 aromatic heterocycles. The summed E-state index contributed by atoms with van der Waals surface area (Å²) in [6.07, 6.45) is 1.68. The Balaban J connectivity index is 2.11. The first-order valence-corrected chi connectivity index (χ1v) is 8.12. The van der Waals surface area contributed by atoms with Crippen molar-refractivity contribution in [3.8, 4) is 0 Å². The van der Waals surface area contributed by atoms with Crippen LogP contribution < -0.4 is 10.6 Å². The fourth-order valence-corrected chi connectivity index (χ4v) is 2.45. The van der Waals surface area contributed by atoms with Crippen molar-refractivity contribution in [3.63, 3.8) is 0 Å². The quantitative estimate of drug-likeness (QED) is 0.762. The summed E-state index contributed by atoms with van der Waals surface area (Å²) in [7, 11) is 1.60. The number of hydrogen-bond acceptors (Lipinski definition) is 4. The molecule has 0 saturated carbocycles. The number of hydrogen-bond donors (Lipinski definition) is 2. The molecule has 2 N–H and O–H groups in total. The zero-order chi connectivity index (χ0) is 17.5. The van der Waals surface area contributed by atoms with Crippen LogP contribution in [0.15, 0.2) is 36.5 Å². The lowest BCUT2D eigenvalue weighted by Crippen LogP contribution is -2.27. The molecular weight excluding hydrogens is 302 g/mol. The van der Waals surface area contributed by atoms with E-state index in [9.17, 15) is 4.79 Å². The third-order valence-corrected chi connectivity index (χ3v) is 3.78. The lowest BCUT2D eigenvalue weighted by molar-refractivity contribution is 0.0932. The smallest absolute Gasteiger partial charge is 0.269 e. The zero-order valence-corrected chi connectivity index (χ0v) is 14.7. The molecule has 0 aliphatic heterocycles.